The first-order valence-corrected chi connectivity index (χ1v) is 2.83. The molecule has 0 aromatic heterocycles. The molecule has 1 aliphatic heterocycles. The van der Waals surface area contributed by atoms with Crippen LogP contribution in [0.3, 0.4) is 0 Å². The molecule has 0 amide bonds. The van der Waals surface area contributed by atoms with E-state index in [2.05, 4.69) is 4.99 Å². The first-order chi connectivity index (χ1) is 3.50. The van der Waals surface area contributed by atoms with Gasteiger partial charge in [0.1, 0.15) is 0 Å². The molecule has 39 valence electrons. The van der Waals surface area contributed by atoms with E-state index in [9.17, 15) is 0 Å². The van der Waals surface area contributed by atoms with Crippen LogP contribution in [0.4, 0.5) is 0 Å². The van der Waals surface area contributed by atoms with E-state index in [1.165, 1.54) is 25.7 Å². The standard InChI is InChI=1S/C6H10N/c1-2-4-6-7-5-3-1/h5-6H,1-4H2. The number of nitrogens with zero attached hydrogens (tertiary/aromatic N) is 1. The Morgan fingerprint density at radius 3 is 3.00 bits per heavy atom. The van der Waals surface area contributed by atoms with E-state index in [-0.39, 0.29) is 0 Å². The highest BCUT2D eigenvalue weighted by molar-refractivity contribution is 5.57. The smallest absolute Gasteiger partial charge is 0.0718 e. The summed E-state index contributed by atoms with van der Waals surface area (Å²) < 4.78 is 0. The zero-order valence-corrected chi connectivity index (χ0v) is 4.43. The molecule has 0 fully saturated rings. The van der Waals surface area contributed by atoms with E-state index in [0.29, 0.717) is 0 Å². The molecule has 0 aromatic rings. The van der Waals surface area contributed by atoms with E-state index in [1.54, 1.807) is 0 Å². The van der Waals surface area contributed by atoms with E-state index in [1.807, 2.05) is 12.8 Å². The largest absolute Gasteiger partial charge is 0.292 e. The minimum absolute atomic E-state index is 1.18. The van der Waals surface area contributed by atoms with Crippen molar-refractivity contribution in [1.82, 2.24) is 0 Å². The summed E-state index contributed by atoms with van der Waals surface area (Å²) in [5.74, 6) is 0. The lowest BCUT2D eigenvalue weighted by molar-refractivity contribution is 0.771. The highest BCUT2D eigenvalue weighted by Crippen LogP contribution is 2.04. The van der Waals surface area contributed by atoms with Crippen LogP contribution in [-0.4, -0.2) is 6.21 Å². The summed E-state index contributed by atoms with van der Waals surface area (Å²) in [5, 5.41) is 0. The lowest BCUT2D eigenvalue weighted by Gasteiger charge is -1.84. The van der Waals surface area contributed by atoms with Crippen LogP contribution in [-0.2, 0) is 0 Å². The maximum absolute atomic E-state index is 4.02. The van der Waals surface area contributed by atoms with Gasteiger partial charge in [0.2, 0.25) is 0 Å². The molecule has 1 radical (unpaired) electrons. The quantitative estimate of drug-likeness (QED) is 0.436. The van der Waals surface area contributed by atoms with Gasteiger partial charge in [-0.3, -0.25) is 4.99 Å². The Balaban J connectivity index is 2.20. The lowest BCUT2D eigenvalue weighted by atomic mass is 10.2. The Hall–Kier alpha value is -0.330. The molecule has 1 heterocycles. The van der Waals surface area contributed by atoms with E-state index < -0.39 is 0 Å². The van der Waals surface area contributed by atoms with Crippen molar-refractivity contribution in [2.45, 2.75) is 25.7 Å². The summed E-state index contributed by atoms with van der Waals surface area (Å²) in [6.45, 7) is 1.99. The monoisotopic (exact) mass is 96.1 g/mol. The van der Waals surface area contributed by atoms with Gasteiger partial charge in [0.05, 0.1) is 6.54 Å². The molecule has 1 aliphatic rings. The van der Waals surface area contributed by atoms with Crippen molar-refractivity contribution in [1.29, 1.82) is 0 Å². The second-order valence-electron chi connectivity index (χ2n) is 1.80. The van der Waals surface area contributed by atoms with Gasteiger partial charge in [-0.15, -0.1) is 0 Å². The Bertz CT molecular complexity index is 58.6. The van der Waals surface area contributed by atoms with Gasteiger partial charge in [0.15, 0.2) is 0 Å². The second kappa shape index (κ2) is 2.78. The number of rotatable bonds is 0. The molecular formula is C6H10N. The minimum atomic E-state index is 1.18. The number of hydrogen-bond donors (Lipinski definition) is 0. The summed E-state index contributed by atoms with van der Waals surface area (Å²) in [5.41, 5.74) is 0. The van der Waals surface area contributed by atoms with Gasteiger partial charge in [0.25, 0.3) is 0 Å². The predicted octanol–water partition coefficient (Wildman–Crippen LogP) is 1.79. The Labute approximate surface area is 44.5 Å². The number of hydrogen-bond acceptors (Lipinski definition) is 1. The van der Waals surface area contributed by atoms with Crippen LogP contribution in [0.2, 0.25) is 0 Å². The first kappa shape index (κ1) is 4.82. The molecule has 0 bridgehead atoms. The van der Waals surface area contributed by atoms with Crippen molar-refractivity contribution >= 4 is 6.21 Å². The molecule has 0 spiro atoms. The van der Waals surface area contributed by atoms with Crippen molar-refractivity contribution in [2.75, 3.05) is 0 Å². The van der Waals surface area contributed by atoms with Crippen molar-refractivity contribution in [3.63, 3.8) is 0 Å². The fraction of sp³-hybridized carbons (Fsp3) is 0.667. The zero-order valence-electron chi connectivity index (χ0n) is 4.43. The average molecular weight is 96.2 g/mol. The maximum Gasteiger partial charge on any atom is 0.0718 e. The van der Waals surface area contributed by atoms with Gasteiger partial charge in [-0.25, -0.2) is 0 Å². The van der Waals surface area contributed by atoms with Crippen LogP contribution < -0.4 is 0 Å². The van der Waals surface area contributed by atoms with Gasteiger partial charge in [-0.2, -0.15) is 0 Å². The summed E-state index contributed by atoms with van der Waals surface area (Å²) in [4.78, 5) is 4.02. The molecule has 0 aliphatic carbocycles. The van der Waals surface area contributed by atoms with Gasteiger partial charge in [0, 0.05) is 0 Å². The van der Waals surface area contributed by atoms with Crippen LogP contribution in [0.25, 0.3) is 0 Å². The Morgan fingerprint density at radius 2 is 2.00 bits per heavy atom. The SMILES string of the molecule is [CH]1CCCCC=N1. The third-order valence-corrected chi connectivity index (χ3v) is 1.13. The molecule has 0 saturated heterocycles. The highest BCUT2D eigenvalue weighted by Gasteiger charge is 1.90. The molecule has 1 rings (SSSR count). The van der Waals surface area contributed by atoms with E-state index in [0.717, 1.165) is 0 Å². The van der Waals surface area contributed by atoms with Crippen LogP contribution in [0.5, 0.6) is 0 Å². The highest BCUT2D eigenvalue weighted by atomic mass is 14.7. The topological polar surface area (TPSA) is 12.4 Å². The van der Waals surface area contributed by atoms with Crippen molar-refractivity contribution in [2.24, 2.45) is 4.99 Å². The third kappa shape index (κ3) is 1.72. The maximum atomic E-state index is 4.02. The molecule has 0 N–H and O–H groups in total. The molecule has 0 aromatic carbocycles. The Morgan fingerprint density at radius 1 is 1.14 bits per heavy atom. The molecule has 1 nitrogen and oxygen atoms in total. The van der Waals surface area contributed by atoms with Crippen LogP contribution in [0.1, 0.15) is 25.7 Å². The fourth-order valence-electron chi connectivity index (χ4n) is 0.695. The van der Waals surface area contributed by atoms with Crippen LogP contribution in [0.15, 0.2) is 4.99 Å². The first-order valence-electron chi connectivity index (χ1n) is 2.83. The lowest BCUT2D eigenvalue weighted by Crippen LogP contribution is -1.69. The molecule has 1 heteroatoms. The summed E-state index contributed by atoms with van der Waals surface area (Å²) in [6.07, 6.45) is 6.99. The van der Waals surface area contributed by atoms with Crippen molar-refractivity contribution < 1.29 is 0 Å². The van der Waals surface area contributed by atoms with Gasteiger partial charge in [-0.1, -0.05) is 6.42 Å². The van der Waals surface area contributed by atoms with Crippen molar-refractivity contribution in [3.05, 3.63) is 6.54 Å². The Kier molecular flexibility index (Phi) is 1.91. The molecular weight excluding hydrogens is 86.1 g/mol. The normalized spacial score (nSPS) is 21.7. The molecule has 0 saturated carbocycles. The van der Waals surface area contributed by atoms with E-state index in [4.69, 9.17) is 0 Å². The van der Waals surface area contributed by atoms with Crippen molar-refractivity contribution in [3.8, 4) is 0 Å². The number of aliphatic imine (C=N–C) groups is 1. The third-order valence-electron chi connectivity index (χ3n) is 1.13. The van der Waals surface area contributed by atoms with E-state index >= 15 is 0 Å². The molecule has 0 unspecified atom stereocenters. The molecule has 0 atom stereocenters. The van der Waals surface area contributed by atoms with Gasteiger partial charge >= 0.3 is 0 Å². The summed E-state index contributed by atoms with van der Waals surface area (Å²) >= 11 is 0. The zero-order chi connectivity index (χ0) is 4.95. The average Bonchev–Trinajstić information content (AvgIpc) is 1.90. The van der Waals surface area contributed by atoms with Crippen LogP contribution >= 0.6 is 0 Å². The summed E-state index contributed by atoms with van der Waals surface area (Å²) in [7, 11) is 0. The van der Waals surface area contributed by atoms with Gasteiger partial charge in [-0.05, 0) is 25.5 Å². The summed E-state index contributed by atoms with van der Waals surface area (Å²) in [6, 6.07) is 0. The second-order valence-corrected chi connectivity index (χ2v) is 1.80. The minimum Gasteiger partial charge on any atom is -0.292 e. The predicted molar refractivity (Wildman–Crippen MR) is 31.3 cm³/mol. The molecule has 7 heavy (non-hydrogen) atoms. The van der Waals surface area contributed by atoms with Gasteiger partial charge < -0.3 is 0 Å². The fourth-order valence-corrected chi connectivity index (χ4v) is 0.695. The van der Waals surface area contributed by atoms with Crippen LogP contribution in [0, 0.1) is 6.54 Å².